The van der Waals surface area contributed by atoms with Crippen molar-refractivity contribution in [1.29, 1.82) is 5.26 Å². The number of nitrogens with two attached hydrogens (primary N) is 1. The van der Waals surface area contributed by atoms with Crippen LogP contribution in [0.3, 0.4) is 0 Å². The molecular formula is C15H19N5. The zero-order chi connectivity index (χ0) is 14.3. The summed E-state index contributed by atoms with van der Waals surface area (Å²) in [6.45, 7) is 3.30. The number of imidazole rings is 1. The first-order chi connectivity index (χ1) is 9.60. The predicted octanol–water partition coefficient (Wildman–Crippen LogP) is 2.15. The molecule has 2 aromatic rings. The molecule has 1 saturated heterocycles. The molecule has 3 rings (SSSR count). The zero-order valence-electron chi connectivity index (χ0n) is 11.9. The molecule has 0 radical (unpaired) electrons. The fourth-order valence-corrected chi connectivity index (χ4v) is 3.06. The first kappa shape index (κ1) is 12.9. The van der Waals surface area contributed by atoms with Crippen molar-refractivity contribution < 1.29 is 0 Å². The van der Waals surface area contributed by atoms with E-state index in [-0.39, 0.29) is 0 Å². The van der Waals surface area contributed by atoms with Crippen LogP contribution in [-0.4, -0.2) is 34.1 Å². The van der Waals surface area contributed by atoms with Gasteiger partial charge >= 0.3 is 0 Å². The third kappa shape index (κ3) is 2.02. The minimum absolute atomic E-state index is 0.361. The summed E-state index contributed by atoms with van der Waals surface area (Å²) in [6.07, 6.45) is 2.12. The molecule has 1 aliphatic heterocycles. The third-order valence-corrected chi connectivity index (χ3v) is 4.39. The SMILES string of the molecule is CC1CC(n2c(N)nc3ccc(C#N)cc32)CCN1C. The van der Waals surface area contributed by atoms with E-state index in [2.05, 4.69) is 34.5 Å². The van der Waals surface area contributed by atoms with Crippen LogP contribution < -0.4 is 5.73 Å². The van der Waals surface area contributed by atoms with Crippen LogP contribution in [0, 0.1) is 11.3 Å². The van der Waals surface area contributed by atoms with Crippen molar-refractivity contribution in [2.75, 3.05) is 19.3 Å². The van der Waals surface area contributed by atoms with Gasteiger partial charge in [-0.1, -0.05) is 0 Å². The zero-order valence-corrected chi connectivity index (χ0v) is 11.9. The van der Waals surface area contributed by atoms with E-state index in [0.29, 0.717) is 23.6 Å². The van der Waals surface area contributed by atoms with E-state index in [9.17, 15) is 0 Å². The van der Waals surface area contributed by atoms with Gasteiger partial charge in [0.1, 0.15) is 0 Å². The second kappa shape index (κ2) is 4.80. The van der Waals surface area contributed by atoms with Gasteiger partial charge in [0.05, 0.1) is 22.7 Å². The van der Waals surface area contributed by atoms with Gasteiger partial charge in [-0.2, -0.15) is 5.26 Å². The highest BCUT2D eigenvalue weighted by Crippen LogP contribution is 2.32. The second-order valence-corrected chi connectivity index (χ2v) is 5.66. The minimum Gasteiger partial charge on any atom is -0.369 e. The number of nitrogens with zero attached hydrogens (tertiary/aromatic N) is 4. The minimum atomic E-state index is 0.361. The fourth-order valence-electron chi connectivity index (χ4n) is 3.06. The standard InChI is InChI=1S/C15H19N5/c1-10-7-12(5-6-19(10)2)20-14-8-11(9-16)3-4-13(14)18-15(20)17/h3-4,8,10,12H,5-7H2,1-2H3,(H2,17,18). The van der Waals surface area contributed by atoms with Crippen molar-refractivity contribution in [3.05, 3.63) is 23.8 Å². The van der Waals surface area contributed by atoms with Crippen LogP contribution in [0.5, 0.6) is 0 Å². The summed E-state index contributed by atoms with van der Waals surface area (Å²) < 4.78 is 2.11. The van der Waals surface area contributed by atoms with Gasteiger partial charge in [0, 0.05) is 18.6 Å². The van der Waals surface area contributed by atoms with Gasteiger partial charge in [0.15, 0.2) is 0 Å². The molecule has 0 bridgehead atoms. The number of anilines is 1. The summed E-state index contributed by atoms with van der Waals surface area (Å²) in [5.74, 6) is 0.553. The molecule has 5 heteroatoms. The summed E-state index contributed by atoms with van der Waals surface area (Å²) >= 11 is 0. The molecule has 1 aliphatic rings. The topological polar surface area (TPSA) is 70.9 Å². The highest BCUT2D eigenvalue weighted by Gasteiger charge is 2.26. The average Bonchev–Trinajstić information content (AvgIpc) is 2.77. The normalized spacial score (nSPS) is 23.9. The van der Waals surface area contributed by atoms with Crippen LogP contribution in [0.4, 0.5) is 5.95 Å². The summed E-state index contributed by atoms with van der Waals surface area (Å²) in [7, 11) is 2.16. The van der Waals surface area contributed by atoms with Gasteiger partial charge in [0.2, 0.25) is 5.95 Å². The maximum Gasteiger partial charge on any atom is 0.201 e. The van der Waals surface area contributed by atoms with Gasteiger partial charge in [0.25, 0.3) is 0 Å². The van der Waals surface area contributed by atoms with Crippen molar-refractivity contribution in [1.82, 2.24) is 14.5 Å². The summed E-state index contributed by atoms with van der Waals surface area (Å²) in [5.41, 5.74) is 8.61. The lowest BCUT2D eigenvalue weighted by Gasteiger charge is -2.36. The van der Waals surface area contributed by atoms with Crippen molar-refractivity contribution in [3.63, 3.8) is 0 Å². The summed E-state index contributed by atoms with van der Waals surface area (Å²) in [6, 6.07) is 8.63. The summed E-state index contributed by atoms with van der Waals surface area (Å²) in [5, 5.41) is 9.06. The predicted molar refractivity (Wildman–Crippen MR) is 79.2 cm³/mol. The smallest absolute Gasteiger partial charge is 0.201 e. The van der Waals surface area contributed by atoms with Gasteiger partial charge in [-0.25, -0.2) is 4.98 Å². The monoisotopic (exact) mass is 269 g/mol. The molecule has 2 unspecified atom stereocenters. The van der Waals surface area contributed by atoms with Crippen LogP contribution in [-0.2, 0) is 0 Å². The molecule has 0 saturated carbocycles. The molecule has 5 nitrogen and oxygen atoms in total. The Morgan fingerprint density at radius 2 is 2.25 bits per heavy atom. The van der Waals surface area contributed by atoms with Crippen molar-refractivity contribution >= 4 is 17.0 Å². The van der Waals surface area contributed by atoms with E-state index in [1.54, 1.807) is 6.07 Å². The molecule has 1 aromatic heterocycles. The van der Waals surface area contributed by atoms with Crippen LogP contribution in [0.25, 0.3) is 11.0 Å². The molecule has 0 aliphatic carbocycles. The number of nitrogen functional groups attached to an aromatic ring is 1. The van der Waals surface area contributed by atoms with Gasteiger partial charge < -0.3 is 15.2 Å². The Kier molecular flexibility index (Phi) is 3.11. The number of piperidine rings is 1. The van der Waals surface area contributed by atoms with Gasteiger partial charge in [-0.05, 0) is 45.0 Å². The molecule has 2 heterocycles. The number of hydrogen-bond donors (Lipinski definition) is 1. The van der Waals surface area contributed by atoms with E-state index in [1.807, 2.05) is 12.1 Å². The maximum absolute atomic E-state index is 9.06. The largest absolute Gasteiger partial charge is 0.369 e. The Bertz CT molecular complexity index is 681. The van der Waals surface area contributed by atoms with Crippen LogP contribution in [0.15, 0.2) is 18.2 Å². The molecule has 0 amide bonds. The van der Waals surface area contributed by atoms with E-state index < -0.39 is 0 Å². The lowest BCUT2D eigenvalue weighted by molar-refractivity contribution is 0.159. The van der Waals surface area contributed by atoms with Gasteiger partial charge in [-0.3, -0.25) is 0 Å². The van der Waals surface area contributed by atoms with Gasteiger partial charge in [-0.15, -0.1) is 0 Å². The molecule has 2 N–H and O–H groups in total. The van der Waals surface area contributed by atoms with Crippen molar-refractivity contribution in [2.24, 2.45) is 0 Å². The highest BCUT2D eigenvalue weighted by atomic mass is 15.2. The van der Waals surface area contributed by atoms with Crippen molar-refractivity contribution in [2.45, 2.75) is 31.8 Å². The fraction of sp³-hybridized carbons (Fsp3) is 0.467. The number of nitriles is 1. The summed E-state index contributed by atoms with van der Waals surface area (Å²) in [4.78, 5) is 6.79. The maximum atomic E-state index is 9.06. The van der Waals surface area contributed by atoms with E-state index in [4.69, 9.17) is 11.0 Å². The molecule has 1 fully saturated rings. The molecule has 1 aromatic carbocycles. The number of fused-ring (bicyclic) bond motifs is 1. The number of hydrogen-bond acceptors (Lipinski definition) is 4. The Morgan fingerprint density at radius 1 is 1.45 bits per heavy atom. The Hall–Kier alpha value is -2.06. The van der Waals surface area contributed by atoms with E-state index >= 15 is 0 Å². The van der Waals surface area contributed by atoms with Crippen molar-refractivity contribution in [3.8, 4) is 6.07 Å². The number of likely N-dealkylation sites (tertiary alicyclic amines) is 1. The second-order valence-electron chi connectivity index (χ2n) is 5.66. The van der Waals surface area contributed by atoms with Crippen LogP contribution >= 0.6 is 0 Å². The Labute approximate surface area is 118 Å². The number of aromatic nitrogens is 2. The van der Waals surface area contributed by atoms with Crippen LogP contribution in [0.1, 0.15) is 31.4 Å². The van der Waals surface area contributed by atoms with E-state index in [1.165, 1.54) is 0 Å². The number of benzene rings is 1. The highest BCUT2D eigenvalue weighted by molar-refractivity contribution is 5.80. The molecule has 20 heavy (non-hydrogen) atoms. The Morgan fingerprint density at radius 3 is 2.95 bits per heavy atom. The lowest BCUT2D eigenvalue weighted by Crippen LogP contribution is -2.38. The van der Waals surface area contributed by atoms with E-state index in [0.717, 1.165) is 30.4 Å². The lowest BCUT2D eigenvalue weighted by atomic mass is 9.98. The average molecular weight is 269 g/mol. The molecule has 0 spiro atoms. The first-order valence-electron chi connectivity index (χ1n) is 6.98. The van der Waals surface area contributed by atoms with Crippen LogP contribution in [0.2, 0.25) is 0 Å². The number of rotatable bonds is 1. The Balaban J connectivity index is 2.06. The first-order valence-corrected chi connectivity index (χ1v) is 6.98. The third-order valence-electron chi connectivity index (χ3n) is 4.39. The quantitative estimate of drug-likeness (QED) is 0.861. The molecular weight excluding hydrogens is 250 g/mol. The molecule has 104 valence electrons. The molecule has 2 atom stereocenters.